The average Bonchev–Trinajstić information content (AvgIpc) is 3.28. The first kappa shape index (κ1) is 23.7. The number of hydrogen-bond donors (Lipinski definition) is 1. The van der Waals surface area contributed by atoms with Crippen LogP contribution in [-0.2, 0) is 19.6 Å². The summed E-state index contributed by atoms with van der Waals surface area (Å²) in [5.41, 5.74) is -0.157. The Morgan fingerprint density at radius 1 is 1.09 bits per heavy atom. The fraction of sp³-hybridized carbons (Fsp3) is 0.417. The lowest BCUT2D eigenvalue weighted by Gasteiger charge is -2.47. The minimum atomic E-state index is -3.99. The average molecular weight is 490 g/mol. The molecule has 2 aliphatic rings. The summed E-state index contributed by atoms with van der Waals surface area (Å²) < 4.78 is 27.9. The van der Waals surface area contributed by atoms with Crippen molar-refractivity contribution in [3.8, 4) is 0 Å². The van der Waals surface area contributed by atoms with Crippen molar-refractivity contribution in [2.75, 3.05) is 18.0 Å². The van der Waals surface area contributed by atoms with Gasteiger partial charge in [-0.2, -0.15) is 4.31 Å². The standard InChI is InChI=1S/C24H28ClN3O4S/c1-17-11-13-19(14-12-17)33(31,32)27-15-22(29)28(21-10-6-5-9-20(21)25)24(2,16-27)23(30)26-18-7-3-4-8-18/h5-6,9-14,18H,3-4,7-8,15-16H2,1-2H3,(H,26,30)/t24-/m0/s1. The molecule has 9 heteroatoms. The molecule has 33 heavy (non-hydrogen) atoms. The molecule has 0 spiro atoms. The number of para-hydroxylation sites is 1. The van der Waals surface area contributed by atoms with Gasteiger partial charge in [0.1, 0.15) is 5.54 Å². The Kier molecular flexibility index (Phi) is 6.53. The van der Waals surface area contributed by atoms with Gasteiger partial charge in [-0.3, -0.25) is 14.5 Å². The molecule has 1 atom stereocenters. The van der Waals surface area contributed by atoms with Crippen LogP contribution in [0.15, 0.2) is 53.4 Å². The molecule has 1 saturated carbocycles. The van der Waals surface area contributed by atoms with Gasteiger partial charge in [-0.15, -0.1) is 0 Å². The van der Waals surface area contributed by atoms with E-state index < -0.39 is 21.5 Å². The van der Waals surface area contributed by atoms with Crippen molar-refractivity contribution in [2.45, 2.75) is 56.0 Å². The van der Waals surface area contributed by atoms with Crippen LogP contribution in [0, 0.1) is 6.92 Å². The second-order valence-electron chi connectivity index (χ2n) is 9.00. The summed E-state index contributed by atoms with van der Waals surface area (Å²) in [6, 6.07) is 13.3. The first-order chi connectivity index (χ1) is 15.6. The Morgan fingerprint density at radius 3 is 2.36 bits per heavy atom. The van der Waals surface area contributed by atoms with Gasteiger partial charge in [0.05, 0.1) is 22.2 Å². The number of amides is 2. The number of anilines is 1. The number of halogens is 1. The zero-order valence-electron chi connectivity index (χ0n) is 18.8. The van der Waals surface area contributed by atoms with E-state index in [4.69, 9.17) is 11.6 Å². The van der Waals surface area contributed by atoms with Crippen molar-refractivity contribution < 1.29 is 18.0 Å². The van der Waals surface area contributed by atoms with E-state index in [-0.39, 0.29) is 29.9 Å². The highest BCUT2D eigenvalue weighted by molar-refractivity contribution is 7.89. The van der Waals surface area contributed by atoms with Crippen LogP contribution in [0.4, 0.5) is 5.69 Å². The molecule has 0 radical (unpaired) electrons. The molecule has 1 aliphatic heterocycles. The normalized spacial score (nSPS) is 22.5. The summed E-state index contributed by atoms with van der Waals surface area (Å²) >= 11 is 6.40. The highest BCUT2D eigenvalue weighted by atomic mass is 35.5. The van der Waals surface area contributed by atoms with Gasteiger partial charge in [0, 0.05) is 12.6 Å². The van der Waals surface area contributed by atoms with E-state index in [1.54, 1.807) is 43.3 Å². The van der Waals surface area contributed by atoms with Crippen molar-refractivity contribution in [3.05, 3.63) is 59.1 Å². The molecule has 176 valence electrons. The van der Waals surface area contributed by atoms with E-state index in [1.807, 2.05) is 6.92 Å². The van der Waals surface area contributed by atoms with Gasteiger partial charge in [-0.1, -0.05) is 54.3 Å². The van der Waals surface area contributed by atoms with Crippen LogP contribution >= 0.6 is 11.6 Å². The maximum atomic E-state index is 13.6. The van der Waals surface area contributed by atoms with Crippen molar-refractivity contribution in [2.24, 2.45) is 0 Å². The summed E-state index contributed by atoms with van der Waals surface area (Å²) in [5.74, 6) is -0.888. The Bertz CT molecular complexity index is 1160. The van der Waals surface area contributed by atoms with Gasteiger partial charge < -0.3 is 5.32 Å². The van der Waals surface area contributed by atoms with Crippen LogP contribution in [-0.4, -0.2) is 49.2 Å². The fourth-order valence-corrected chi connectivity index (χ4v) is 6.31. The molecule has 4 rings (SSSR count). The molecule has 2 aromatic carbocycles. The smallest absolute Gasteiger partial charge is 0.247 e. The molecule has 1 aliphatic carbocycles. The predicted molar refractivity (Wildman–Crippen MR) is 128 cm³/mol. The minimum absolute atomic E-state index is 0.0154. The molecule has 1 N–H and O–H groups in total. The largest absolute Gasteiger partial charge is 0.351 e. The minimum Gasteiger partial charge on any atom is -0.351 e. The van der Waals surface area contributed by atoms with Gasteiger partial charge in [-0.05, 0) is 51.0 Å². The molecule has 2 amide bonds. The zero-order valence-corrected chi connectivity index (χ0v) is 20.3. The van der Waals surface area contributed by atoms with Crippen LogP contribution in [0.25, 0.3) is 0 Å². The number of nitrogens with one attached hydrogen (secondary N) is 1. The molecular formula is C24H28ClN3O4S. The quantitative estimate of drug-likeness (QED) is 0.696. The number of nitrogens with zero attached hydrogens (tertiary/aromatic N) is 2. The van der Waals surface area contributed by atoms with E-state index >= 15 is 0 Å². The third kappa shape index (κ3) is 4.52. The maximum absolute atomic E-state index is 13.6. The topological polar surface area (TPSA) is 86.8 Å². The lowest BCUT2D eigenvalue weighted by atomic mass is 9.94. The SMILES string of the molecule is Cc1ccc(S(=O)(=O)N2CC(=O)N(c3ccccc3Cl)[C@](C)(C(=O)NC3CCCC3)C2)cc1. The van der Waals surface area contributed by atoms with Crippen LogP contribution in [0.1, 0.15) is 38.2 Å². The summed E-state index contributed by atoms with van der Waals surface area (Å²) in [7, 11) is -3.99. The Labute approximate surface area is 199 Å². The predicted octanol–water partition coefficient (Wildman–Crippen LogP) is 3.50. The summed E-state index contributed by atoms with van der Waals surface area (Å²) in [5, 5.41) is 3.37. The van der Waals surface area contributed by atoms with Crippen molar-refractivity contribution in [3.63, 3.8) is 0 Å². The second-order valence-corrected chi connectivity index (χ2v) is 11.3. The first-order valence-corrected chi connectivity index (χ1v) is 12.9. The summed E-state index contributed by atoms with van der Waals surface area (Å²) in [6.45, 7) is 2.91. The number of carbonyl (C=O) groups excluding carboxylic acids is 2. The van der Waals surface area contributed by atoms with Crippen LogP contribution in [0.2, 0.25) is 5.02 Å². The first-order valence-electron chi connectivity index (χ1n) is 11.1. The Balaban J connectivity index is 1.74. The second kappa shape index (κ2) is 9.08. The van der Waals surface area contributed by atoms with Gasteiger partial charge in [-0.25, -0.2) is 8.42 Å². The Hall–Kier alpha value is -2.42. The lowest BCUT2D eigenvalue weighted by Crippen LogP contribution is -2.70. The van der Waals surface area contributed by atoms with Crippen molar-refractivity contribution >= 4 is 39.1 Å². The number of piperazine rings is 1. The third-order valence-corrected chi connectivity index (χ3v) is 8.60. The van der Waals surface area contributed by atoms with E-state index in [1.165, 1.54) is 17.0 Å². The van der Waals surface area contributed by atoms with Gasteiger partial charge in [0.15, 0.2) is 0 Å². The molecule has 0 unspecified atom stereocenters. The highest BCUT2D eigenvalue weighted by Crippen LogP contribution is 2.36. The van der Waals surface area contributed by atoms with Crippen molar-refractivity contribution in [1.82, 2.24) is 9.62 Å². The summed E-state index contributed by atoms with van der Waals surface area (Å²) in [4.78, 5) is 28.5. The molecule has 2 aromatic rings. The van der Waals surface area contributed by atoms with E-state index in [0.29, 0.717) is 10.7 Å². The number of sulfonamides is 1. The van der Waals surface area contributed by atoms with Crippen molar-refractivity contribution in [1.29, 1.82) is 0 Å². The van der Waals surface area contributed by atoms with Crippen LogP contribution in [0.5, 0.6) is 0 Å². The zero-order chi connectivity index (χ0) is 23.8. The number of benzene rings is 2. The van der Waals surface area contributed by atoms with E-state index in [9.17, 15) is 18.0 Å². The molecule has 7 nitrogen and oxygen atoms in total. The maximum Gasteiger partial charge on any atom is 0.247 e. The van der Waals surface area contributed by atoms with Gasteiger partial charge >= 0.3 is 0 Å². The number of aryl methyl sites for hydroxylation is 1. The molecular weight excluding hydrogens is 462 g/mol. The van der Waals surface area contributed by atoms with Gasteiger partial charge in [0.25, 0.3) is 0 Å². The monoisotopic (exact) mass is 489 g/mol. The van der Waals surface area contributed by atoms with Crippen LogP contribution in [0.3, 0.4) is 0 Å². The number of carbonyl (C=O) groups is 2. The third-order valence-electron chi connectivity index (χ3n) is 6.47. The van der Waals surface area contributed by atoms with E-state index in [2.05, 4.69) is 5.32 Å². The number of hydrogen-bond acceptors (Lipinski definition) is 4. The molecule has 1 saturated heterocycles. The number of rotatable bonds is 5. The molecule has 0 bridgehead atoms. The van der Waals surface area contributed by atoms with Crippen LogP contribution < -0.4 is 10.2 Å². The van der Waals surface area contributed by atoms with Gasteiger partial charge in [0.2, 0.25) is 21.8 Å². The fourth-order valence-electron chi connectivity index (χ4n) is 4.61. The molecule has 2 fully saturated rings. The Morgan fingerprint density at radius 2 is 1.73 bits per heavy atom. The molecule has 1 heterocycles. The summed E-state index contributed by atoms with van der Waals surface area (Å²) in [6.07, 6.45) is 3.80. The highest BCUT2D eigenvalue weighted by Gasteiger charge is 2.52. The van der Waals surface area contributed by atoms with E-state index in [0.717, 1.165) is 35.6 Å². The lowest BCUT2D eigenvalue weighted by molar-refractivity contribution is -0.133. The molecule has 0 aromatic heterocycles.